The molecule has 20 heavy (non-hydrogen) atoms. The minimum atomic E-state index is 0.0754. The molecule has 0 aliphatic carbocycles. The van der Waals surface area contributed by atoms with Gasteiger partial charge < -0.3 is 4.90 Å². The van der Waals surface area contributed by atoms with Crippen molar-refractivity contribution in [2.24, 2.45) is 0 Å². The second-order valence-electron chi connectivity index (χ2n) is 4.03. The monoisotopic (exact) mass is 354 g/mol. The molecule has 0 atom stereocenters. The number of aromatic nitrogens is 3. The SMILES string of the molecule is CCN(C(=O)CSC)c1cn(-c2cccnc2)nc1Br. The van der Waals surface area contributed by atoms with Crippen molar-refractivity contribution in [1.82, 2.24) is 14.8 Å². The van der Waals surface area contributed by atoms with Crippen LogP contribution in [0.4, 0.5) is 5.69 Å². The quantitative estimate of drug-likeness (QED) is 0.828. The van der Waals surface area contributed by atoms with E-state index in [1.807, 2.05) is 31.5 Å². The van der Waals surface area contributed by atoms with Gasteiger partial charge in [-0.3, -0.25) is 9.78 Å². The van der Waals surface area contributed by atoms with Crippen molar-refractivity contribution in [3.63, 3.8) is 0 Å². The Hall–Kier alpha value is -1.34. The molecule has 7 heteroatoms. The molecule has 106 valence electrons. The van der Waals surface area contributed by atoms with E-state index in [1.54, 1.807) is 22.0 Å². The van der Waals surface area contributed by atoms with Crippen LogP contribution in [0.3, 0.4) is 0 Å². The van der Waals surface area contributed by atoms with Gasteiger partial charge in [0, 0.05) is 12.7 Å². The van der Waals surface area contributed by atoms with Gasteiger partial charge in [-0.2, -0.15) is 16.9 Å². The molecule has 0 bridgehead atoms. The zero-order valence-electron chi connectivity index (χ0n) is 11.3. The average Bonchev–Trinajstić information content (AvgIpc) is 2.83. The molecule has 0 aliphatic heterocycles. The van der Waals surface area contributed by atoms with Crippen molar-refractivity contribution in [2.75, 3.05) is 23.5 Å². The maximum absolute atomic E-state index is 12.1. The summed E-state index contributed by atoms with van der Waals surface area (Å²) in [6.45, 7) is 2.56. The fraction of sp³-hybridized carbons (Fsp3) is 0.308. The third kappa shape index (κ3) is 3.21. The molecule has 0 unspecified atom stereocenters. The van der Waals surface area contributed by atoms with E-state index in [2.05, 4.69) is 26.0 Å². The third-order valence-corrected chi connectivity index (χ3v) is 3.84. The molecule has 1 amide bonds. The summed E-state index contributed by atoms with van der Waals surface area (Å²) in [5.74, 6) is 0.532. The number of halogens is 1. The van der Waals surface area contributed by atoms with E-state index in [9.17, 15) is 4.79 Å². The number of nitrogens with zero attached hydrogens (tertiary/aromatic N) is 4. The normalized spacial score (nSPS) is 10.6. The van der Waals surface area contributed by atoms with Crippen LogP contribution in [0.2, 0.25) is 0 Å². The predicted octanol–water partition coefficient (Wildman–Crippen LogP) is 2.75. The zero-order chi connectivity index (χ0) is 14.5. The number of amides is 1. The van der Waals surface area contributed by atoms with Crippen molar-refractivity contribution < 1.29 is 4.79 Å². The molecule has 0 aromatic carbocycles. The van der Waals surface area contributed by atoms with Gasteiger partial charge in [0.05, 0.1) is 29.5 Å². The van der Waals surface area contributed by atoms with Gasteiger partial charge in [-0.05, 0) is 41.2 Å². The van der Waals surface area contributed by atoms with Gasteiger partial charge in [0.2, 0.25) is 5.91 Å². The Kier molecular flexibility index (Phi) is 5.19. The highest BCUT2D eigenvalue weighted by molar-refractivity contribution is 9.10. The molecule has 5 nitrogen and oxygen atoms in total. The fourth-order valence-corrected chi connectivity index (χ4v) is 2.72. The lowest BCUT2D eigenvalue weighted by molar-refractivity contribution is -0.116. The fourth-order valence-electron chi connectivity index (χ4n) is 1.83. The molecule has 2 aromatic heterocycles. The van der Waals surface area contributed by atoms with Crippen molar-refractivity contribution in [2.45, 2.75) is 6.92 Å². The van der Waals surface area contributed by atoms with Crippen molar-refractivity contribution in [3.05, 3.63) is 35.3 Å². The van der Waals surface area contributed by atoms with Crippen LogP contribution in [-0.4, -0.2) is 39.2 Å². The van der Waals surface area contributed by atoms with Crippen molar-refractivity contribution in [1.29, 1.82) is 0 Å². The smallest absolute Gasteiger partial charge is 0.237 e. The second-order valence-corrected chi connectivity index (χ2v) is 5.65. The summed E-state index contributed by atoms with van der Waals surface area (Å²) >= 11 is 4.94. The van der Waals surface area contributed by atoms with Gasteiger partial charge in [-0.15, -0.1) is 0 Å². The van der Waals surface area contributed by atoms with E-state index in [0.717, 1.165) is 11.4 Å². The van der Waals surface area contributed by atoms with E-state index in [4.69, 9.17) is 0 Å². The van der Waals surface area contributed by atoms with Crippen molar-refractivity contribution >= 4 is 39.3 Å². The maximum Gasteiger partial charge on any atom is 0.237 e. The lowest BCUT2D eigenvalue weighted by atomic mass is 10.4. The number of hydrogen-bond donors (Lipinski definition) is 0. The van der Waals surface area contributed by atoms with Crippen LogP contribution in [0.5, 0.6) is 0 Å². The Balaban J connectivity index is 2.33. The molecule has 0 N–H and O–H groups in total. The highest BCUT2D eigenvalue weighted by Gasteiger charge is 2.19. The van der Waals surface area contributed by atoms with Crippen LogP contribution in [0.15, 0.2) is 35.3 Å². The number of rotatable bonds is 5. The number of thioether (sulfide) groups is 1. The maximum atomic E-state index is 12.1. The number of anilines is 1. The molecule has 0 saturated carbocycles. The molecule has 0 aliphatic rings. The first kappa shape index (κ1) is 15.1. The number of carbonyl (C=O) groups is 1. The summed E-state index contributed by atoms with van der Waals surface area (Å²) in [4.78, 5) is 17.9. The first-order chi connectivity index (χ1) is 9.67. The molecule has 0 saturated heterocycles. The van der Waals surface area contributed by atoms with Gasteiger partial charge in [0.25, 0.3) is 0 Å². The Labute approximate surface area is 130 Å². The summed E-state index contributed by atoms with van der Waals surface area (Å²) in [7, 11) is 0. The zero-order valence-corrected chi connectivity index (χ0v) is 13.7. The van der Waals surface area contributed by atoms with E-state index in [0.29, 0.717) is 16.9 Å². The van der Waals surface area contributed by atoms with Gasteiger partial charge in [0.15, 0.2) is 4.60 Å². The van der Waals surface area contributed by atoms with E-state index >= 15 is 0 Å². The molecular formula is C13H15BrN4OS. The number of hydrogen-bond acceptors (Lipinski definition) is 4. The molecule has 0 fully saturated rings. The summed E-state index contributed by atoms with van der Waals surface area (Å²) < 4.78 is 2.36. The Morgan fingerprint density at radius 1 is 1.55 bits per heavy atom. The predicted molar refractivity (Wildman–Crippen MR) is 85.5 cm³/mol. The average molecular weight is 355 g/mol. The van der Waals surface area contributed by atoms with Crippen LogP contribution >= 0.6 is 27.7 Å². The highest BCUT2D eigenvalue weighted by Crippen LogP contribution is 2.26. The van der Waals surface area contributed by atoms with Crippen LogP contribution in [0.1, 0.15) is 6.92 Å². The van der Waals surface area contributed by atoms with Gasteiger partial charge in [-0.25, -0.2) is 4.68 Å². The van der Waals surface area contributed by atoms with E-state index in [1.165, 1.54) is 11.8 Å². The number of pyridine rings is 1. The lowest BCUT2D eigenvalue weighted by Crippen LogP contribution is -2.32. The van der Waals surface area contributed by atoms with Crippen LogP contribution in [-0.2, 0) is 4.79 Å². The van der Waals surface area contributed by atoms with Gasteiger partial charge >= 0.3 is 0 Å². The molecular weight excluding hydrogens is 340 g/mol. The third-order valence-electron chi connectivity index (χ3n) is 2.74. The summed E-state index contributed by atoms with van der Waals surface area (Å²) in [6.07, 6.45) is 7.19. The minimum absolute atomic E-state index is 0.0754. The molecule has 2 aromatic rings. The standard InChI is InChI=1S/C13H15BrN4OS/c1-3-17(12(19)9-20-2)11-8-18(16-13(11)14)10-5-4-6-15-7-10/h4-8H,3,9H2,1-2H3. The Morgan fingerprint density at radius 2 is 2.35 bits per heavy atom. The Morgan fingerprint density at radius 3 is 2.95 bits per heavy atom. The topological polar surface area (TPSA) is 51.0 Å². The molecule has 0 spiro atoms. The van der Waals surface area contributed by atoms with Crippen molar-refractivity contribution in [3.8, 4) is 5.69 Å². The summed E-state index contributed by atoms with van der Waals surface area (Å²) in [6, 6.07) is 3.76. The first-order valence-electron chi connectivity index (χ1n) is 6.12. The van der Waals surface area contributed by atoms with Crippen LogP contribution < -0.4 is 4.90 Å². The van der Waals surface area contributed by atoms with E-state index < -0.39 is 0 Å². The largest absolute Gasteiger partial charge is 0.308 e. The minimum Gasteiger partial charge on any atom is -0.308 e. The Bertz CT molecular complexity index is 587. The summed E-state index contributed by atoms with van der Waals surface area (Å²) in [5, 5.41) is 4.38. The first-order valence-corrected chi connectivity index (χ1v) is 8.31. The second kappa shape index (κ2) is 6.90. The molecule has 2 rings (SSSR count). The summed E-state index contributed by atoms with van der Waals surface area (Å²) in [5.41, 5.74) is 1.63. The molecule has 0 radical (unpaired) electrons. The number of carbonyl (C=O) groups excluding carboxylic acids is 1. The van der Waals surface area contributed by atoms with Crippen LogP contribution in [0, 0.1) is 0 Å². The van der Waals surface area contributed by atoms with Crippen LogP contribution in [0.25, 0.3) is 5.69 Å². The molecule has 2 heterocycles. The van der Waals surface area contributed by atoms with Gasteiger partial charge in [0.1, 0.15) is 0 Å². The highest BCUT2D eigenvalue weighted by atomic mass is 79.9. The lowest BCUT2D eigenvalue weighted by Gasteiger charge is -2.18. The van der Waals surface area contributed by atoms with E-state index in [-0.39, 0.29) is 5.91 Å². The van der Waals surface area contributed by atoms with Gasteiger partial charge in [-0.1, -0.05) is 0 Å².